The fourth-order valence-electron chi connectivity index (χ4n) is 2.66. The van der Waals surface area contributed by atoms with Crippen molar-refractivity contribution >= 4 is 0 Å². The summed E-state index contributed by atoms with van der Waals surface area (Å²) in [4.78, 5) is 0. The zero-order valence-corrected chi connectivity index (χ0v) is 9.24. The molecule has 2 aliphatic heterocycles. The molecule has 2 heterocycles. The molecule has 3 heteroatoms. The summed E-state index contributed by atoms with van der Waals surface area (Å²) in [7, 11) is 0. The fraction of sp³-hybridized carbons (Fsp3) is 0.538. The smallest absolute Gasteiger partial charge is 0.117 e. The van der Waals surface area contributed by atoms with Crippen LogP contribution in [0.4, 0.5) is 0 Å². The van der Waals surface area contributed by atoms with Crippen LogP contribution in [-0.4, -0.2) is 18.3 Å². The van der Waals surface area contributed by atoms with E-state index in [0.29, 0.717) is 13.2 Å². The number of hydrogen-bond donors (Lipinski definition) is 1. The third-order valence-electron chi connectivity index (χ3n) is 3.56. The minimum atomic E-state index is -0.237. The van der Waals surface area contributed by atoms with Crippen molar-refractivity contribution < 1.29 is 14.6 Å². The molecule has 0 aromatic heterocycles. The largest absolute Gasteiger partial charge is 0.392 e. The van der Waals surface area contributed by atoms with Crippen molar-refractivity contribution in [2.45, 2.75) is 31.7 Å². The predicted molar refractivity (Wildman–Crippen MR) is 58.9 cm³/mol. The molecule has 1 fully saturated rings. The third-order valence-corrected chi connectivity index (χ3v) is 3.56. The molecule has 3 nitrogen and oxygen atoms in total. The van der Waals surface area contributed by atoms with Crippen molar-refractivity contribution in [3.8, 4) is 0 Å². The Bertz CT molecular complexity index is 389. The summed E-state index contributed by atoms with van der Waals surface area (Å²) in [6.07, 6.45) is 2.07. The molecular weight excluding hydrogens is 204 g/mol. The van der Waals surface area contributed by atoms with Gasteiger partial charge in [0.15, 0.2) is 0 Å². The molecule has 1 N–H and O–H groups in total. The molecule has 3 rings (SSSR count). The Hall–Kier alpha value is -0.900. The first-order valence-corrected chi connectivity index (χ1v) is 5.79. The normalized spacial score (nSPS) is 28.3. The van der Waals surface area contributed by atoms with Crippen molar-refractivity contribution in [2.24, 2.45) is 0 Å². The SMILES string of the molecule is OCc1ccc2c(c1)C1(CCCOC1)OC2. The van der Waals surface area contributed by atoms with E-state index in [1.165, 1.54) is 11.1 Å². The van der Waals surface area contributed by atoms with Gasteiger partial charge in [0, 0.05) is 6.61 Å². The van der Waals surface area contributed by atoms with Gasteiger partial charge < -0.3 is 14.6 Å². The molecule has 0 bridgehead atoms. The molecule has 0 amide bonds. The van der Waals surface area contributed by atoms with Crippen LogP contribution in [0.2, 0.25) is 0 Å². The van der Waals surface area contributed by atoms with Gasteiger partial charge in [-0.3, -0.25) is 0 Å². The molecule has 0 saturated carbocycles. The van der Waals surface area contributed by atoms with Crippen LogP contribution < -0.4 is 0 Å². The van der Waals surface area contributed by atoms with Crippen molar-refractivity contribution in [3.05, 3.63) is 34.9 Å². The minimum absolute atomic E-state index is 0.0875. The van der Waals surface area contributed by atoms with E-state index >= 15 is 0 Å². The van der Waals surface area contributed by atoms with Gasteiger partial charge in [-0.1, -0.05) is 18.2 Å². The molecule has 16 heavy (non-hydrogen) atoms. The average Bonchev–Trinajstić information content (AvgIpc) is 2.69. The summed E-state index contributed by atoms with van der Waals surface area (Å²) in [5, 5.41) is 9.18. The summed E-state index contributed by atoms with van der Waals surface area (Å²) in [5.74, 6) is 0. The Balaban J connectivity index is 2.02. The molecule has 1 saturated heterocycles. The molecule has 0 aliphatic carbocycles. The number of rotatable bonds is 1. The number of benzene rings is 1. The summed E-state index contributed by atoms with van der Waals surface area (Å²) >= 11 is 0. The van der Waals surface area contributed by atoms with Crippen molar-refractivity contribution in [1.82, 2.24) is 0 Å². The van der Waals surface area contributed by atoms with Gasteiger partial charge >= 0.3 is 0 Å². The molecule has 1 atom stereocenters. The highest BCUT2D eigenvalue weighted by molar-refractivity contribution is 5.39. The van der Waals surface area contributed by atoms with Crippen molar-refractivity contribution in [1.29, 1.82) is 0 Å². The van der Waals surface area contributed by atoms with E-state index in [1.807, 2.05) is 6.07 Å². The second kappa shape index (κ2) is 3.84. The van der Waals surface area contributed by atoms with Gasteiger partial charge in [-0.05, 0) is 29.5 Å². The highest BCUT2D eigenvalue weighted by Gasteiger charge is 2.41. The zero-order valence-electron chi connectivity index (χ0n) is 9.24. The first-order valence-electron chi connectivity index (χ1n) is 5.79. The zero-order chi connectivity index (χ0) is 11.0. The standard InChI is InChI=1S/C13H16O3/c14-7-10-2-3-11-8-16-13(12(11)6-10)4-1-5-15-9-13/h2-3,6,14H,1,4-5,7-9H2. The van der Waals surface area contributed by atoms with Gasteiger partial charge in [0.25, 0.3) is 0 Å². The van der Waals surface area contributed by atoms with E-state index in [4.69, 9.17) is 9.47 Å². The van der Waals surface area contributed by atoms with Gasteiger partial charge in [0.05, 0.1) is 19.8 Å². The highest BCUT2D eigenvalue weighted by Crippen LogP contribution is 2.42. The summed E-state index contributed by atoms with van der Waals surface area (Å²) in [6, 6.07) is 6.09. The first kappa shape index (κ1) is 10.3. The number of fused-ring (bicyclic) bond motifs is 2. The molecule has 1 unspecified atom stereocenters. The van der Waals surface area contributed by atoms with Crippen LogP contribution in [0.5, 0.6) is 0 Å². The Morgan fingerprint density at radius 2 is 2.31 bits per heavy atom. The lowest BCUT2D eigenvalue weighted by molar-refractivity contribution is -0.126. The van der Waals surface area contributed by atoms with E-state index in [-0.39, 0.29) is 12.2 Å². The maximum atomic E-state index is 9.18. The van der Waals surface area contributed by atoms with E-state index in [1.54, 1.807) is 0 Å². The molecule has 86 valence electrons. The van der Waals surface area contributed by atoms with Crippen LogP contribution in [0, 0.1) is 0 Å². The minimum Gasteiger partial charge on any atom is -0.392 e. The van der Waals surface area contributed by atoms with Crippen LogP contribution in [-0.2, 0) is 28.3 Å². The number of aliphatic hydroxyl groups is 1. The molecule has 1 aromatic carbocycles. The Labute approximate surface area is 95.0 Å². The van der Waals surface area contributed by atoms with Gasteiger partial charge in [0.1, 0.15) is 5.60 Å². The van der Waals surface area contributed by atoms with Crippen molar-refractivity contribution in [3.63, 3.8) is 0 Å². The number of ether oxygens (including phenoxy) is 2. The third kappa shape index (κ3) is 1.47. The van der Waals surface area contributed by atoms with Gasteiger partial charge in [-0.2, -0.15) is 0 Å². The topological polar surface area (TPSA) is 38.7 Å². The maximum Gasteiger partial charge on any atom is 0.117 e. The lowest BCUT2D eigenvalue weighted by Gasteiger charge is -2.33. The Kier molecular flexibility index (Phi) is 2.46. The van der Waals surface area contributed by atoms with E-state index in [9.17, 15) is 5.11 Å². The van der Waals surface area contributed by atoms with Crippen LogP contribution in [0.15, 0.2) is 18.2 Å². The molecule has 1 aromatic rings. The van der Waals surface area contributed by atoms with Gasteiger partial charge in [0.2, 0.25) is 0 Å². The van der Waals surface area contributed by atoms with E-state index < -0.39 is 0 Å². The molecular formula is C13H16O3. The van der Waals surface area contributed by atoms with E-state index in [2.05, 4.69) is 12.1 Å². The van der Waals surface area contributed by atoms with Crippen LogP contribution in [0.25, 0.3) is 0 Å². The number of aliphatic hydroxyl groups excluding tert-OH is 1. The number of hydrogen-bond acceptors (Lipinski definition) is 3. The predicted octanol–water partition coefficient (Wildman–Crippen LogP) is 1.71. The van der Waals surface area contributed by atoms with Gasteiger partial charge in [-0.15, -0.1) is 0 Å². The fourth-order valence-corrected chi connectivity index (χ4v) is 2.66. The quantitative estimate of drug-likeness (QED) is 0.783. The second-order valence-electron chi connectivity index (χ2n) is 4.59. The molecule has 1 spiro atoms. The monoisotopic (exact) mass is 220 g/mol. The first-order chi connectivity index (χ1) is 7.84. The summed E-state index contributed by atoms with van der Waals surface area (Å²) in [5.41, 5.74) is 3.18. The van der Waals surface area contributed by atoms with Gasteiger partial charge in [-0.25, -0.2) is 0 Å². The lowest BCUT2D eigenvalue weighted by atomic mass is 9.86. The Morgan fingerprint density at radius 3 is 3.06 bits per heavy atom. The van der Waals surface area contributed by atoms with Crippen LogP contribution >= 0.6 is 0 Å². The van der Waals surface area contributed by atoms with Crippen molar-refractivity contribution in [2.75, 3.05) is 13.2 Å². The summed E-state index contributed by atoms with van der Waals surface area (Å²) < 4.78 is 11.5. The van der Waals surface area contributed by atoms with E-state index in [0.717, 1.165) is 25.0 Å². The summed E-state index contributed by atoms with van der Waals surface area (Å²) in [6.45, 7) is 2.24. The van der Waals surface area contributed by atoms with Crippen LogP contribution in [0.1, 0.15) is 29.5 Å². The molecule has 2 aliphatic rings. The second-order valence-corrected chi connectivity index (χ2v) is 4.59. The molecule has 0 radical (unpaired) electrons. The maximum absolute atomic E-state index is 9.18. The highest BCUT2D eigenvalue weighted by atomic mass is 16.5. The average molecular weight is 220 g/mol. The Morgan fingerprint density at radius 1 is 1.38 bits per heavy atom. The van der Waals surface area contributed by atoms with Crippen LogP contribution in [0.3, 0.4) is 0 Å². The lowest BCUT2D eigenvalue weighted by Crippen LogP contribution is -2.35.